The summed E-state index contributed by atoms with van der Waals surface area (Å²) in [5.74, 6) is -0.189. The third-order valence-corrected chi connectivity index (χ3v) is 2.40. The number of nitro groups is 1. The molecule has 0 unspecified atom stereocenters. The molecule has 9 nitrogen and oxygen atoms in total. The minimum absolute atomic E-state index is 0.0353. The second kappa shape index (κ2) is 5.29. The van der Waals surface area contributed by atoms with Gasteiger partial charge in [0.25, 0.3) is 0 Å². The highest BCUT2D eigenvalue weighted by Crippen LogP contribution is 2.28. The van der Waals surface area contributed by atoms with Crippen LogP contribution in [0, 0.1) is 10.1 Å². The number of non-ortho nitro benzene ring substituents is 1. The first-order valence-corrected chi connectivity index (χ1v) is 5.53. The molecule has 1 aromatic carbocycles. The number of hydrogen-bond donors (Lipinski definition) is 2. The molecule has 2 rings (SSSR count). The van der Waals surface area contributed by atoms with Crippen molar-refractivity contribution in [2.45, 2.75) is 6.92 Å². The number of nitrogens with zero attached hydrogens (tertiary/aromatic N) is 3. The number of amides is 1. The van der Waals surface area contributed by atoms with Crippen LogP contribution in [0.5, 0.6) is 0 Å². The fourth-order valence-corrected chi connectivity index (χ4v) is 1.58. The lowest BCUT2D eigenvalue weighted by atomic mass is 10.2. The van der Waals surface area contributed by atoms with Crippen LogP contribution in [0.25, 0.3) is 11.0 Å². The van der Waals surface area contributed by atoms with E-state index in [0.29, 0.717) is 12.2 Å². The van der Waals surface area contributed by atoms with Gasteiger partial charge in [-0.3, -0.25) is 14.9 Å². The number of likely N-dealkylation sites (N-methyl/N-ethyl adjacent to an activating group) is 1. The number of fused-ring (bicyclic) bond motifs is 1. The Hall–Kier alpha value is -2.71. The van der Waals surface area contributed by atoms with Gasteiger partial charge in [0, 0.05) is 12.6 Å². The van der Waals surface area contributed by atoms with Crippen LogP contribution in [0.15, 0.2) is 16.8 Å². The number of hydrogen-bond acceptors (Lipinski definition) is 7. The van der Waals surface area contributed by atoms with Crippen LogP contribution in [-0.4, -0.2) is 34.2 Å². The van der Waals surface area contributed by atoms with Gasteiger partial charge in [0.05, 0.1) is 17.2 Å². The Morgan fingerprint density at radius 3 is 2.84 bits per heavy atom. The summed E-state index contributed by atoms with van der Waals surface area (Å²) in [4.78, 5) is 21.5. The van der Waals surface area contributed by atoms with Crippen LogP contribution in [-0.2, 0) is 4.79 Å². The molecule has 0 fully saturated rings. The van der Waals surface area contributed by atoms with E-state index in [-0.39, 0.29) is 29.2 Å². The van der Waals surface area contributed by atoms with E-state index in [2.05, 4.69) is 25.6 Å². The molecule has 1 heterocycles. The maximum absolute atomic E-state index is 11.3. The SMILES string of the molecule is CCNC(=O)CNc1ccc([N+](=O)[O-])c2nonc12. The van der Waals surface area contributed by atoms with E-state index in [4.69, 9.17) is 0 Å². The van der Waals surface area contributed by atoms with Gasteiger partial charge in [-0.1, -0.05) is 0 Å². The van der Waals surface area contributed by atoms with Crippen molar-refractivity contribution in [3.05, 3.63) is 22.2 Å². The lowest BCUT2D eigenvalue weighted by molar-refractivity contribution is -0.383. The highest BCUT2D eigenvalue weighted by molar-refractivity contribution is 5.94. The van der Waals surface area contributed by atoms with E-state index in [1.54, 1.807) is 0 Å². The summed E-state index contributed by atoms with van der Waals surface area (Å²) in [7, 11) is 0. The van der Waals surface area contributed by atoms with Gasteiger partial charge in [-0.15, -0.1) is 0 Å². The molecule has 9 heteroatoms. The first-order chi connectivity index (χ1) is 9.13. The molecule has 0 aliphatic heterocycles. The van der Waals surface area contributed by atoms with Gasteiger partial charge in [-0.05, 0) is 23.3 Å². The van der Waals surface area contributed by atoms with Crippen molar-refractivity contribution in [2.24, 2.45) is 0 Å². The Kier molecular flexibility index (Phi) is 3.55. The van der Waals surface area contributed by atoms with Gasteiger partial charge in [-0.2, -0.15) is 0 Å². The van der Waals surface area contributed by atoms with Gasteiger partial charge in [-0.25, -0.2) is 4.63 Å². The summed E-state index contributed by atoms with van der Waals surface area (Å²) in [5, 5.41) is 23.3. The molecule has 0 radical (unpaired) electrons. The van der Waals surface area contributed by atoms with E-state index in [0.717, 1.165) is 0 Å². The monoisotopic (exact) mass is 265 g/mol. The predicted molar refractivity (Wildman–Crippen MR) is 65.6 cm³/mol. The number of nitrogens with one attached hydrogen (secondary N) is 2. The van der Waals surface area contributed by atoms with Crippen molar-refractivity contribution in [1.82, 2.24) is 15.6 Å². The van der Waals surface area contributed by atoms with Crippen LogP contribution in [0.2, 0.25) is 0 Å². The number of rotatable bonds is 5. The molecule has 2 N–H and O–H groups in total. The van der Waals surface area contributed by atoms with Crippen LogP contribution in [0.4, 0.5) is 11.4 Å². The van der Waals surface area contributed by atoms with E-state index < -0.39 is 4.92 Å². The lowest BCUT2D eigenvalue weighted by Crippen LogP contribution is -2.29. The third kappa shape index (κ3) is 2.59. The van der Waals surface area contributed by atoms with E-state index in [1.165, 1.54) is 12.1 Å². The number of carbonyl (C=O) groups excluding carboxylic acids is 1. The molecule has 19 heavy (non-hydrogen) atoms. The molecule has 1 amide bonds. The van der Waals surface area contributed by atoms with Crippen molar-refractivity contribution in [3.8, 4) is 0 Å². The number of nitro benzene ring substituents is 1. The molecule has 0 atom stereocenters. The minimum Gasteiger partial charge on any atom is -0.374 e. The van der Waals surface area contributed by atoms with Crippen molar-refractivity contribution in [1.29, 1.82) is 0 Å². The number of aromatic nitrogens is 2. The Morgan fingerprint density at radius 2 is 2.16 bits per heavy atom. The second-order valence-electron chi connectivity index (χ2n) is 3.66. The molecule has 0 saturated heterocycles. The van der Waals surface area contributed by atoms with Crippen LogP contribution >= 0.6 is 0 Å². The lowest BCUT2D eigenvalue weighted by Gasteiger charge is -2.06. The molecule has 0 spiro atoms. The summed E-state index contributed by atoms with van der Waals surface area (Å²) in [5.41, 5.74) is 0.525. The average Bonchev–Trinajstić information content (AvgIpc) is 2.85. The fraction of sp³-hybridized carbons (Fsp3) is 0.300. The summed E-state index contributed by atoms with van der Waals surface area (Å²) in [6, 6.07) is 2.75. The molecule has 2 aromatic rings. The smallest absolute Gasteiger partial charge is 0.300 e. The summed E-state index contributed by atoms with van der Waals surface area (Å²) >= 11 is 0. The molecular formula is C10H11N5O4. The first-order valence-electron chi connectivity index (χ1n) is 5.53. The molecule has 0 aliphatic carbocycles. The zero-order valence-electron chi connectivity index (χ0n) is 10.0. The largest absolute Gasteiger partial charge is 0.374 e. The molecular weight excluding hydrogens is 254 g/mol. The van der Waals surface area contributed by atoms with Gasteiger partial charge in [0.2, 0.25) is 11.4 Å². The van der Waals surface area contributed by atoms with Gasteiger partial charge < -0.3 is 10.6 Å². The summed E-state index contributed by atoms with van der Waals surface area (Å²) in [6.07, 6.45) is 0. The Balaban J connectivity index is 2.25. The zero-order valence-corrected chi connectivity index (χ0v) is 10.0. The minimum atomic E-state index is -0.569. The third-order valence-electron chi connectivity index (χ3n) is 2.40. The zero-order chi connectivity index (χ0) is 13.8. The Labute approximate surface area is 107 Å². The maximum atomic E-state index is 11.3. The van der Waals surface area contributed by atoms with E-state index in [9.17, 15) is 14.9 Å². The van der Waals surface area contributed by atoms with E-state index >= 15 is 0 Å². The van der Waals surface area contributed by atoms with Crippen LogP contribution in [0.3, 0.4) is 0 Å². The maximum Gasteiger partial charge on any atom is 0.300 e. The average molecular weight is 265 g/mol. The van der Waals surface area contributed by atoms with Crippen molar-refractivity contribution < 1.29 is 14.3 Å². The topological polar surface area (TPSA) is 123 Å². The van der Waals surface area contributed by atoms with Gasteiger partial charge in [0.15, 0.2) is 5.52 Å². The van der Waals surface area contributed by atoms with Gasteiger partial charge in [0.1, 0.15) is 0 Å². The first kappa shape index (κ1) is 12.7. The van der Waals surface area contributed by atoms with Crippen LogP contribution in [0.1, 0.15) is 6.92 Å². The Morgan fingerprint density at radius 1 is 1.42 bits per heavy atom. The summed E-state index contributed by atoms with van der Waals surface area (Å²) in [6.45, 7) is 2.37. The van der Waals surface area contributed by atoms with Crippen LogP contribution < -0.4 is 10.6 Å². The normalized spacial score (nSPS) is 10.4. The predicted octanol–water partition coefficient (Wildman–Crippen LogP) is 0.679. The molecule has 0 saturated carbocycles. The molecule has 1 aromatic heterocycles. The standard InChI is InChI=1S/C10H11N5O4/c1-2-11-8(16)5-12-6-3-4-7(15(17)18)10-9(6)13-19-14-10/h3-4,12H,2,5H2,1H3,(H,11,16). The molecule has 0 bridgehead atoms. The highest BCUT2D eigenvalue weighted by Gasteiger charge is 2.19. The number of anilines is 1. The summed E-state index contributed by atoms with van der Waals surface area (Å²) < 4.78 is 4.51. The van der Waals surface area contributed by atoms with Crippen molar-refractivity contribution in [2.75, 3.05) is 18.4 Å². The molecule has 0 aliphatic rings. The number of benzene rings is 1. The Bertz CT molecular complexity index is 623. The van der Waals surface area contributed by atoms with E-state index in [1.807, 2.05) is 6.92 Å². The second-order valence-corrected chi connectivity index (χ2v) is 3.66. The van der Waals surface area contributed by atoms with Gasteiger partial charge >= 0.3 is 5.69 Å². The quantitative estimate of drug-likeness (QED) is 0.601. The van der Waals surface area contributed by atoms with Crippen molar-refractivity contribution in [3.63, 3.8) is 0 Å². The number of carbonyl (C=O) groups is 1. The highest BCUT2D eigenvalue weighted by atomic mass is 16.6. The molecule has 100 valence electrons. The van der Waals surface area contributed by atoms with Crippen molar-refractivity contribution >= 4 is 28.3 Å². The fourth-order valence-electron chi connectivity index (χ4n) is 1.58.